The van der Waals surface area contributed by atoms with E-state index in [9.17, 15) is 9.59 Å². The summed E-state index contributed by atoms with van der Waals surface area (Å²) in [5.41, 5.74) is 0.854. The summed E-state index contributed by atoms with van der Waals surface area (Å²) < 4.78 is 2.13. The quantitative estimate of drug-likeness (QED) is 0.512. The lowest BCUT2D eigenvalue weighted by molar-refractivity contribution is -0.123. The van der Waals surface area contributed by atoms with Crippen molar-refractivity contribution in [3.05, 3.63) is 45.2 Å². The zero-order valence-electron chi connectivity index (χ0n) is 18.3. The van der Waals surface area contributed by atoms with Gasteiger partial charge in [0.25, 0.3) is 11.5 Å². The summed E-state index contributed by atoms with van der Waals surface area (Å²) in [6.07, 6.45) is 12.1. The first-order valence-corrected chi connectivity index (χ1v) is 12.8. The Balaban J connectivity index is 1.53. The molecule has 3 fully saturated rings. The van der Waals surface area contributed by atoms with Gasteiger partial charge < -0.3 is 5.32 Å². The number of amides is 1. The maximum Gasteiger partial charge on any atom is 0.267 e. The van der Waals surface area contributed by atoms with Crippen molar-refractivity contribution in [1.82, 2.24) is 14.3 Å². The average Bonchev–Trinajstić information content (AvgIpc) is 3.40. The van der Waals surface area contributed by atoms with Gasteiger partial charge in [0.1, 0.15) is 15.8 Å². The van der Waals surface area contributed by atoms with Crippen LogP contribution in [0.4, 0.5) is 5.82 Å². The molecular formula is C24H28N4O2S2. The number of carbonyl (C=O) groups is 1. The van der Waals surface area contributed by atoms with Crippen LogP contribution in [-0.4, -0.2) is 36.6 Å². The van der Waals surface area contributed by atoms with Crippen molar-refractivity contribution in [2.24, 2.45) is 5.92 Å². The number of pyridine rings is 1. The zero-order chi connectivity index (χ0) is 22.2. The molecule has 2 saturated carbocycles. The molecule has 5 rings (SSSR count). The van der Waals surface area contributed by atoms with Crippen LogP contribution in [-0.2, 0) is 4.79 Å². The van der Waals surface area contributed by atoms with E-state index in [0.29, 0.717) is 26.3 Å². The largest absolute Gasteiger partial charge is 0.367 e. The monoisotopic (exact) mass is 468 g/mol. The van der Waals surface area contributed by atoms with Crippen LogP contribution < -0.4 is 10.9 Å². The van der Waals surface area contributed by atoms with E-state index < -0.39 is 0 Å². The summed E-state index contributed by atoms with van der Waals surface area (Å²) in [7, 11) is 0. The highest BCUT2D eigenvalue weighted by Crippen LogP contribution is 2.38. The maximum atomic E-state index is 13.4. The Kier molecular flexibility index (Phi) is 6.07. The molecule has 6 nitrogen and oxygen atoms in total. The Morgan fingerprint density at radius 1 is 1.12 bits per heavy atom. The van der Waals surface area contributed by atoms with Gasteiger partial charge in [-0.15, -0.1) is 0 Å². The first kappa shape index (κ1) is 21.6. The molecule has 0 bridgehead atoms. The van der Waals surface area contributed by atoms with Gasteiger partial charge in [-0.3, -0.25) is 18.9 Å². The van der Waals surface area contributed by atoms with Crippen molar-refractivity contribution in [3.63, 3.8) is 0 Å². The molecule has 32 heavy (non-hydrogen) atoms. The number of aromatic nitrogens is 2. The van der Waals surface area contributed by atoms with Crippen LogP contribution >= 0.6 is 24.0 Å². The van der Waals surface area contributed by atoms with E-state index in [1.807, 2.05) is 18.2 Å². The van der Waals surface area contributed by atoms with Crippen LogP contribution in [0.15, 0.2) is 34.1 Å². The summed E-state index contributed by atoms with van der Waals surface area (Å²) in [4.78, 5) is 33.7. The number of nitrogens with one attached hydrogen (secondary N) is 1. The third-order valence-electron chi connectivity index (χ3n) is 6.91. The van der Waals surface area contributed by atoms with Crippen molar-refractivity contribution in [2.75, 3.05) is 5.32 Å². The summed E-state index contributed by atoms with van der Waals surface area (Å²) in [6, 6.07) is 5.99. The molecule has 0 atom stereocenters. The second kappa shape index (κ2) is 8.98. The molecule has 2 aromatic rings. The molecule has 2 aliphatic carbocycles. The maximum absolute atomic E-state index is 13.4. The number of hydrogen-bond donors (Lipinski definition) is 1. The molecule has 2 aromatic heterocycles. The molecule has 0 spiro atoms. The lowest BCUT2D eigenvalue weighted by Gasteiger charge is -2.27. The van der Waals surface area contributed by atoms with Gasteiger partial charge in [-0.1, -0.05) is 49.8 Å². The molecule has 8 heteroatoms. The van der Waals surface area contributed by atoms with Crippen molar-refractivity contribution >= 4 is 51.7 Å². The SMILES string of the molecule is CC1CCC(Nc2nc3ccccn3c(=O)c2C=C2SC(=S)N(C3CCCC3)C2=O)CC1. The number of thioether (sulfide) groups is 1. The van der Waals surface area contributed by atoms with E-state index in [1.165, 1.54) is 29.0 Å². The number of hydrogen-bond acceptors (Lipinski definition) is 6. The van der Waals surface area contributed by atoms with Crippen molar-refractivity contribution in [1.29, 1.82) is 0 Å². The summed E-state index contributed by atoms with van der Waals surface area (Å²) in [5, 5.41) is 3.53. The van der Waals surface area contributed by atoms with Crippen LogP contribution in [0.25, 0.3) is 11.7 Å². The van der Waals surface area contributed by atoms with Crippen LogP contribution in [0.5, 0.6) is 0 Å². The number of thiocarbonyl (C=S) groups is 1. The molecule has 0 radical (unpaired) electrons. The van der Waals surface area contributed by atoms with E-state index in [-0.39, 0.29) is 23.6 Å². The molecule has 0 aromatic carbocycles. The predicted molar refractivity (Wildman–Crippen MR) is 134 cm³/mol. The number of anilines is 1. The van der Waals surface area contributed by atoms with Gasteiger partial charge in [-0.25, -0.2) is 4.98 Å². The minimum atomic E-state index is -0.173. The molecule has 3 aliphatic rings. The van der Waals surface area contributed by atoms with Crippen LogP contribution in [0, 0.1) is 5.92 Å². The van der Waals surface area contributed by atoms with E-state index in [4.69, 9.17) is 17.2 Å². The first-order valence-electron chi connectivity index (χ1n) is 11.6. The summed E-state index contributed by atoms with van der Waals surface area (Å²) in [5.74, 6) is 1.22. The highest BCUT2D eigenvalue weighted by molar-refractivity contribution is 8.26. The fourth-order valence-corrected chi connectivity index (χ4v) is 6.41. The highest BCUT2D eigenvalue weighted by atomic mass is 32.2. The fraction of sp³-hybridized carbons (Fsp3) is 0.500. The molecule has 1 saturated heterocycles. The Morgan fingerprint density at radius 3 is 2.62 bits per heavy atom. The van der Waals surface area contributed by atoms with Gasteiger partial charge in [0.05, 0.1) is 10.5 Å². The number of carbonyl (C=O) groups excluding carboxylic acids is 1. The predicted octanol–water partition coefficient (Wildman–Crippen LogP) is 4.83. The van der Waals surface area contributed by atoms with Gasteiger partial charge in [0.15, 0.2) is 0 Å². The molecule has 0 unspecified atom stereocenters. The topological polar surface area (TPSA) is 66.7 Å². The van der Waals surface area contributed by atoms with Crippen molar-refractivity contribution in [2.45, 2.75) is 70.4 Å². The Morgan fingerprint density at radius 2 is 1.88 bits per heavy atom. The lowest BCUT2D eigenvalue weighted by atomic mass is 9.87. The molecule has 1 N–H and O–H groups in total. The number of rotatable bonds is 4. The minimum Gasteiger partial charge on any atom is -0.367 e. The normalized spacial score (nSPS) is 25.9. The second-order valence-electron chi connectivity index (χ2n) is 9.20. The van der Waals surface area contributed by atoms with Crippen LogP contribution in [0.2, 0.25) is 0 Å². The highest BCUT2D eigenvalue weighted by Gasteiger charge is 2.38. The zero-order valence-corrected chi connectivity index (χ0v) is 19.9. The van der Waals surface area contributed by atoms with Gasteiger partial charge in [-0.2, -0.15) is 0 Å². The van der Waals surface area contributed by atoms with E-state index >= 15 is 0 Å². The van der Waals surface area contributed by atoms with Crippen LogP contribution in [0.3, 0.4) is 0 Å². The van der Waals surface area contributed by atoms with E-state index in [0.717, 1.165) is 44.4 Å². The van der Waals surface area contributed by atoms with Crippen molar-refractivity contribution in [3.8, 4) is 0 Å². The molecular weight excluding hydrogens is 440 g/mol. The Hall–Kier alpha value is -2.19. The smallest absolute Gasteiger partial charge is 0.267 e. The van der Waals surface area contributed by atoms with E-state index in [2.05, 4.69) is 12.2 Å². The minimum absolute atomic E-state index is 0.0816. The number of nitrogens with zero attached hydrogens (tertiary/aromatic N) is 3. The van der Waals surface area contributed by atoms with Gasteiger partial charge >= 0.3 is 0 Å². The third-order valence-corrected chi connectivity index (χ3v) is 8.24. The van der Waals surface area contributed by atoms with Crippen LogP contribution in [0.1, 0.15) is 63.9 Å². The van der Waals surface area contributed by atoms with Gasteiger partial charge in [0, 0.05) is 18.3 Å². The molecule has 1 amide bonds. The molecule has 3 heterocycles. The van der Waals surface area contributed by atoms with Gasteiger partial charge in [0.2, 0.25) is 0 Å². The summed E-state index contributed by atoms with van der Waals surface area (Å²) >= 11 is 6.84. The Bertz CT molecular complexity index is 1140. The van der Waals surface area contributed by atoms with Crippen molar-refractivity contribution < 1.29 is 4.79 Å². The van der Waals surface area contributed by atoms with Gasteiger partial charge in [-0.05, 0) is 62.7 Å². The van der Waals surface area contributed by atoms with E-state index in [1.54, 1.807) is 17.2 Å². The Labute approximate surface area is 197 Å². The first-order chi connectivity index (χ1) is 15.5. The fourth-order valence-electron chi connectivity index (χ4n) is 5.03. The third kappa shape index (κ3) is 4.10. The average molecular weight is 469 g/mol. The second-order valence-corrected chi connectivity index (χ2v) is 10.9. The lowest BCUT2D eigenvalue weighted by Crippen LogP contribution is -2.36. The molecule has 168 valence electrons. The molecule has 1 aliphatic heterocycles. The summed E-state index contributed by atoms with van der Waals surface area (Å²) in [6.45, 7) is 2.29. The number of fused-ring (bicyclic) bond motifs is 1. The standard InChI is InChI=1S/C24H28N4O2S2/c1-15-9-11-16(12-10-15)25-21-18(22(29)27-13-5-4-8-20(27)26-21)14-19-23(30)28(24(31)32-19)17-6-2-3-7-17/h4-5,8,13-17,25H,2-3,6-7,9-12H2,1H3.